The number of hydrogen-bond donors (Lipinski definition) is 2. The number of nitrogens with one attached hydrogen (secondary N) is 1. The number of likely N-dealkylation sites (tertiary alicyclic amines) is 1. The Bertz CT molecular complexity index is 294. The molecule has 1 aliphatic rings. The van der Waals surface area contributed by atoms with Gasteiger partial charge in [-0.3, -0.25) is 5.10 Å². The summed E-state index contributed by atoms with van der Waals surface area (Å²) >= 11 is 0. The summed E-state index contributed by atoms with van der Waals surface area (Å²) in [4.78, 5) is 2.48. The van der Waals surface area contributed by atoms with E-state index in [4.69, 9.17) is 5.73 Å². The molecule has 2 heterocycles. The molecule has 1 unspecified atom stereocenters. The lowest BCUT2D eigenvalue weighted by Gasteiger charge is -2.31. The Labute approximate surface area is 84.5 Å². The summed E-state index contributed by atoms with van der Waals surface area (Å²) in [6.45, 7) is 5.72. The number of nitrogens with zero attached hydrogens (tertiary/aromatic N) is 2. The molecule has 0 amide bonds. The van der Waals surface area contributed by atoms with Crippen LogP contribution >= 0.6 is 0 Å². The first kappa shape index (κ1) is 9.52. The number of H-pyrrole nitrogens is 1. The molecule has 1 atom stereocenters. The molecule has 1 fully saturated rings. The minimum Gasteiger partial charge on any atom is -0.382 e. The second kappa shape index (κ2) is 4.00. The molecule has 0 aliphatic carbocycles. The maximum Gasteiger partial charge on any atom is 0.145 e. The van der Waals surface area contributed by atoms with E-state index in [1.165, 1.54) is 25.1 Å². The third-order valence-electron chi connectivity index (χ3n) is 3.01. The lowest BCUT2D eigenvalue weighted by molar-refractivity contribution is 0.216. The molecule has 1 aromatic rings. The smallest absolute Gasteiger partial charge is 0.145 e. The van der Waals surface area contributed by atoms with E-state index in [2.05, 4.69) is 22.0 Å². The van der Waals surface area contributed by atoms with E-state index in [-0.39, 0.29) is 0 Å². The third kappa shape index (κ3) is 1.90. The van der Waals surface area contributed by atoms with Gasteiger partial charge in [-0.2, -0.15) is 5.10 Å². The van der Waals surface area contributed by atoms with E-state index in [1.54, 1.807) is 0 Å². The van der Waals surface area contributed by atoms with Gasteiger partial charge in [-0.25, -0.2) is 0 Å². The van der Waals surface area contributed by atoms with Gasteiger partial charge in [0.25, 0.3) is 0 Å². The molecule has 0 spiro atoms. The number of piperidine rings is 1. The number of nitrogens with two attached hydrogens (primary N) is 1. The summed E-state index contributed by atoms with van der Waals surface area (Å²) in [6, 6.07) is 1.96. The average molecular weight is 194 g/mol. The van der Waals surface area contributed by atoms with Crippen LogP contribution in [0.4, 0.5) is 5.82 Å². The molecule has 2 rings (SSSR count). The predicted octanol–water partition coefficient (Wildman–Crippen LogP) is 1.19. The van der Waals surface area contributed by atoms with Gasteiger partial charge in [0.1, 0.15) is 5.82 Å². The van der Waals surface area contributed by atoms with Gasteiger partial charge in [-0.15, -0.1) is 0 Å². The Balaban J connectivity index is 2.04. The summed E-state index contributed by atoms with van der Waals surface area (Å²) in [5.41, 5.74) is 6.79. The van der Waals surface area contributed by atoms with E-state index in [1.807, 2.05) is 6.07 Å². The van der Waals surface area contributed by atoms with Crippen LogP contribution in [0.15, 0.2) is 6.07 Å². The third-order valence-corrected chi connectivity index (χ3v) is 3.01. The van der Waals surface area contributed by atoms with Crippen LogP contribution in [0, 0.1) is 0 Å². The number of likely N-dealkylation sites (N-methyl/N-ethyl adjacent to an activating group) is 1. The van der Waals surface area contributed by atoms with Gasteiger partial charge >= 0.3 is 0 Å². The first-order valence-electron chi connectivity index (χ1n) is 5.32. The van der Waals surface area contributed by atoms with Crippen molar-refractivity contribution in [3.8, 4) is 0 Å². The van der Waals surface area contributed by atoms with Gasteiger partial charge in [-0.05, 0) is 25.9 Å². The molecule has 0 radical (unpaired) electrons. The minimum absolute atomic E-state index is 0.591. The lowest BCUT2D eigenvalue weighted by Crippen LogP contribution is -2.34. The monoisotopic (exact) mass is 194 g/mol. The molecule has 4 heteroatoms. The van der Waals surface area contributed by atoms with Crippen molar-refractivity contribution in [1.82, 2.24) is 15.1 Å². The highest BCUT2D eigenvalue weighted by Crippen LogP contribution is 2.25. The zero-order chi connectivity index (χ0) is 9.97. The molecule has 1 saturated heterocycles. The Hall–Kier alpha value is -1.03. The Kier molecular flexibility index (Phi) is 2.72. The van der Waals surface area contributed by atoms with Crippen LogP contribution in [0.1, 0.15) is 31.4 Å². The van der Waals surface area contributed by atoms with E-state index in [0.717, 1.165) is 13.1 Å². The Morgan fingerprint density at radius 1 is 1.71 bits per heavy atom. The summed E-state index contributed by atoms with van der Waals surface area (Å²) in [5.74, 6) is 1.20. The van der Waals surface area contributed by atoms with Gasteiger partial charge in [0.15, 0.2) is 0 Å². The first-order valence-corrected chi connectivity index (χ1v) is 5.32. The van der Waals surface area contributed by atoms with Crippen molar-refractivity contribution in [2.45, 2.75) is 25.7 Å². The molecule has 1 aromatic heterocycles. The fourth-order valence-electron chi connectivity index (χ4n) is 2.16. The van der Waals surface area contributed by atoms with Gasteiger partial charge in [-0.1, -0.05) is 6.92 Å². The van der Waals surface area contributed by atoms with Crippen molar-refractivity contribution in [2.75, 3.05) is 25.4 Å². The minimum atomic E-state index is 0.591. The summed E-state index contributed by atoms with van der Waals surface area (Å²) in [7, 11) is 0. The van der Waals surface area contributed by atoms with Crippen molar-refractivity contribution >= 4 is 5.82 Å². The van der Waals surface area contributed by atoms with Crippen LogP contribution in [-0.2, 0) is 0 Å². The van der Waals surface area contributed by atoms with Crippen molar-refractivity contribution in [2.24, 2.45) is 0 Å². The zero-order valence-electron chi connectivity index (χ0n) is 8.66. The number of hydrogen-bond acceptors (Lipinski definition) is 3. The average Bonchev–Trinajstić information content (AvgIpc) is 2.65. The number of anilines is 1. The Morgan fingerprint density at radius 3 is 3.21 bits per heavy atom. The van der Waals surface area contributed by atoms with Gasteiger partial charge in [0.05, 0.1) is 0 Å². The molecule has 1 aliphatic heterocycles. The zero-order valence-corrected chi connectivity index (χ0v) is 8.66. The van der Waals surface area contributed by atoms with Crippen LogP contribution in [0.3, 0.4) is 0 Å². The van der Waals surface area contributed by atoms with E-state index in [9.17, 15) is 0 Å². The van der Waals surface area contributed by atoms with Gasteiger partial charge in [0.2, 0.25) is 0 Å². The van der Waals surface area contributed by atoms with Crippen LogP contribution in [-0.4, -0.2) is 34.7 Å². The largest absolute Gasteiger partial charge is 0.382 e. The summed E-state index contributed by atoms with van der Waals surface area (Å²) in [5, 5.41) is 7.00. The molecular weight excluding hydrogens is 176 g/mol. The maximum absolute atomic E-state index is 5.60. The topological polar surface area (TPSA) is 57.9 Å². The van der Waals surface area contributed by atoms with Gasteiger partial charge < -0.3 is 10.6 Å². The molecule has 4 nitrogen and oxygen atoms in total. The number of rotatable bonds is 2. The predicted molar refractivity (Wildman–Crippen MR) is 57.1 cm³/mol. The number of aromatic nitrogens is 2. The quantitative estimate of drug-likeness (QED) is 0.743. The van der Waals surface area contributed by atoms with Crippen LogP contribution in [0.5, 0.6) is 0 Å². The van der Waals surface area contributed by atoms with E-state index in [0.29, 0.717) is 11.7 Å². The van der Waals surface area contributed by atoms with Gasteiger partial charge in [0, 0.05) is 24.2 Å². The second-order valence-electron chi connectivity index (χ2n) is 3.98. The maximum atomic E-state index is 5.60. The normalized spacial score (nSPS) is 23.9. The highest BCUT2D eigenvalue weighted by molar-refractivity contribution is 5.30. The molecule has 0 aromatic carbocycles. The van der Waals surface area contributed by atoms with Crippen molar-refractivity contribution in [3.05, 3.63) is 11.8 Å². The van der Waals surface area contributed by atoms with Crippen molar-refractivity contribution < 1.29 is 0 Å². The van der Waals surface area contributed by atoms with E-state index >= 15 is 0 Å². The fourth-order valence-corrected chi connectivity index (χ4v) is 2.16. The van der Waals surface area contributed by atoms with Crippen molar-refractivity contribution in [3.63, 3.8) is 0 Å². The van der Waals surface area contributed by atoms with E-state index < -0.39 is 0 Å². The standard InChI is InChI=1S/C10H18N4/c1-2-14-5-3-4-8(7-14)9-6-10(11)13-12-9/h6,8H,2-5,7H2,1H3,(H3,11,12,13). The number of nitrogen functional groups attached to an aromatic ring is 1. The molecule has 14 heavy (non-hydrogen) atoms. The fraction of sp³-hybridized carbons (Fsp3) is 0.700. The molecule has 78 valence electrons. The lowest BCUT2D eigenvalue weighted by atomic mass is 9.95. The van der Waals surface area contributed by atoms with Crippen LogP contribution in [0.2, 0.25) is 0 Å². The SMILES string of the molecule is CCN1CCCC(c2cc(N)n[nH]2)C1. The Morgan fingerprint density at radius 2 is 2.57 bits per heavy atom. The summed E-state index contributed by atoms with van der Waals surface area (Å²) < 4.78 is 0. The highest BCUT2D eigenvalue weighted by atomic mass is 15.2. The van der Waals surface area contributed by atoms with Crippen molar-refractivity contribution in [1.29, 1.82) is 0 Å². The second-order valence-corrected chi connectivity index (χ2v) is 3.98. The molecule has 0 bridgehead atoms. The van der Waals surface area contributed by atoms with Crippen LogP contribution < -0.4 is 5.73 Å². The van der Waals surface area contributed by atoms with Crippen LogP contribution in [0.25, 0.3) is 0 Å². The summed E-state index contributed by atoms with van der Waals surface area (Å²) in [6.07, 6.45) is 2.52. The molecular formula is C10H18N4. The first-order chi connectivity index (χ1) is 6.79. The number of aromatic amines is 1. The highest BCUT2D eigenvalue weighted by Gasteiger charge is 2.21. The molecule has 3 N–H and O–H groups in total. The molecule has 0 saturated carbocycles.